The molecule has 5 aromatic rings. The molecule has 3 heteroatoms. The Balaban J connectivity index is 1.27. The lowest BCUT2D eigenvalue weighted by Crippen LogP contribution is -2.41. The number of fused-ring (bicyclic) bond motifs is 6. The highest BCUT2D eigenvalue weighted by molar-refractivity contribution is 14.1. The number of hydrogen-bond donors (Lipinski definition) is 0. The molecule has 4 aromatic carbocycles. The molecule has 0 amide bonds. The lowest BCUT2D eigenvalue weighted by Gasteiger charge is -2.45. The fourth-order valence-corrected chi connectivity index (χ4v) is 9.96. The van der Waals surface area contributed by atoms with E-state index in [4.69, 9.17) is 4.42 Å². The van der Waals surface area contributed by atoms with Crippen molar-refractivity contribution in [2.45, 2.75) is 56.8 Å². The minimum Gasteiger partial charge on any atom is -0.456 e. The Morgan fingerprint density at radius 1 is 0.575 bits per heavy atom. The van der Waals surface area contributed by atoms with Crippen LogP contribution in [0.2, 0.25) is 0 Å². The highest BCUT2D eigenvalue weighted by Crippen LogP contribution is 2.66. The molecule has 4 unspecified atom stereocenters. The zero-order valence-corrected chi connectivity index (χ0v) is 25.1. The van der Waals surface area contributed by atoms with Gasteiger partial charge in [0.15, 0.2) is 0 Å². The van der Waals surface area contributed by atoms with Crippen LogP contribution in [0.15, 0.2) is 101 Å². The Morgan fingerprint density at radius 3 is 1.98 bits per heavy atom. The van der Waals surface area contributed by atoms with Crippen LogP contribution in [0.5, 0.6) is 0 Å². The summed E-state index contributed by atoms with van der Waals surface area (Å²) in [5.41, 5.74) is 7.55. The van der Waals surface area contributed by atoms with Crippen molar-refractivity contribution in [3.63, 3.8) is 0 Å². The molecule has 3 aliphatic carbocycles. The Bertz CT molecular complexity index is 1650. The summed E-state index contributed by atoms with van der Waals surface area (Å²) >= 11 is 2.50. The Kier molecular flexibility index (Phi) is 6.20. The van der Waals surface area contributed by atoms with Crippen LogP contribution in [0, 0.1) is 23.7 Å². The Hall–Kier alpha value is -2.79. The zero-order valence-electron chi connectivity index (χ0n) is 22.9. The molecule has 0 bridgehead atoms. The predicted molar refractivity (Wildman–Crippen MR) is 174 cm³/mol. The molecule has 3 aliphatic rings. The molecular formula is C37H36INO. The molecule has 1 aromatic heterocycles. The summed E-state index contributed by atoms with van der Waals surface area (Å²) in [7, 11) is 0. The molecule has 1 heterocycles. The number of furan rings is 1. The predicted octanol–water partition coefficient (Wildman–Crippen LogP) is 11.0. The first-order valence-electron chi connectivity index (χ1n) is 15.3. The van der Waals surface area contributed by atoms with E-state index in [1.165, 1.54) is 73.5 Å². The number of anilines is 2. The zero-order chi connectivity index (χ0) is 26.7. The minimum atomic E-state index is 0.107. The first-order valence-corrected chi connectivity index (χ1v) is 16.2. The third-order valence-electron chi connectivity index (χ3n) is 10.7. The van der Waals surface area contributed by atoms with E-state index in [1.54, 1.807) is 11.1 Å². The summed E-state index contributed by atoms with van der Waals surface area (Å²) in [6.07, 6.45) is 11.2. The van der Waals surface area contributed by atoms with E-state index in [0.29, 0.717) is 0 Å². The largest absolute Gasteiger partial charge is 0.456 e. The number of rotatable bonds is 4. The van der Waals surface area contributed by atoms with E-state index in [1.807, 2.05) is 6.07 Å². The maximum Gasteiger partial charge on any atom is 0.135 e. The van der Waals surface area contributed by atoms with Crippen LogP contribution in [-0.2, 0) is 5.41 Å². The minimum absolute atomic E-state index is 0.107. The molecule has 8 rings (SSSR count). The Labute approximate surface area is 251 Å². The Morgan fingerprint density at radius 2 is 1.20 bits per heavy atom. The van der Waals surface area contributed by atoms with Gasteiger partial charge in [-0.15, -0.1) is 0 Å². The monoisotopic (exact) mass is 637 g/mol. The van der Waals surface area contributed by atoms with E-state index in [0.717, 1.165) is 34.8 Å². The van der Waals surface area contributed by atoms with E-state index >= 15 is 0 Å². The van der Waals surface area contributed by atoms with Crippen molar-refractivity contribution in [3.05, 3.63) is 108 Å². The first-order chi connectivity index (χ1) is 19.7. The number of para-hydroxylation sites is 1. The van der Waals surface area contributed by atoms with Gasteiger partial charge in [0.1, 0.15) is 11.2 Å². The standard InChI is InChI=1S/C37H36INO/c38-39(28-21-22-36-32(24-28)31-17-6-9-20-35(31)40-36)27-14-10-13-26(23-27)37(25-11-2-1-3-12-25)33-18-7-4-15-29(33)30-16-5-8-19-34(30)37/h1-3,6,9-14,17,20-24,29-30,33-34H,4-5,7-8,15-16,18-19H2. The van der Waals surface area contributed by atoms with Gasteiger partial charge < -0.3 is 4.42 Å². The number of hydrogen-bond acceptors (Lipinski definition) is 2. The van der Waals surface area contributed by atoms with Crippen molar-refractivity contribution in [2.24, 2.45) is 23.7 Å². The highest BCUT2D eigenvalue weighted by atomic mass is 127. The summed E-state index contributed by atoms with van der Waals surface area (Å²) in [5.74, 6) is 3.22. The molecule has 0 N–H and O–H groups in total. The van der Waals surface area contributed by atoms with E-state index in [-0.39, 0.29) is 5.41 Å². The fraction of sp³-hybridized carbons (Fsp3) is 0.351. The summed E-state index contributed by atoms with van der Waals surface area (Å²) in [6, 6.07) is 36.3. The second kappa shape index (κ2) is 9.94. The first kappa shape index (κ1) is 25.0. The van der Waals surface area contributed by atoms with Crippen molar-refractivity contribution >= 4 is 56.2 Å². The molecule has 2 nitrogen and oxygen atoms in total. The maximum atomic E-state index is 6.12. The lowest BCUT2D eigenvalue weighted by atomic mass is 9.58. The van der Waals surface area contributed by atoms with Crippen LogP contribution in [0.1, 0.15) is 62.5 Å². The SMILES string of the molecule is IN(c1cccc(C2(c3ccccc3)C3CCCCC3C3CCCCC32)c1)c1ccc2oc3ccccc3c2c1. The maximum absolute atomic E-state index is 6.12. The third kappa shape index (κ3) is 3.72. The van der Waals surface area contributed by atoms with Crippen LogP contribution in [0.25, 0.3) is 21.9 Å². The third-order valence-corrected chi connectivity index (χ3v) is 11.9. The van der Waals surface area contributed by atoms with Gasteiger partial charge in [0.2, 0.25) is 0 Å². The quantitative estimate of drug-likeness (QED) is 0.144. The molecule has 0 aliphatic heterocycles. The van der Waals surface area contributed by atoms with Gasteiger partial charge in [0.05, 0.1) is 34.2 Å². The molecule has 0 saturated heterocycles. The summed E-state index contributed by atoms with van der Waals surface area (Å²) < 4.78 is 8.46. The second-order valence-corrected chi connectivity index (χ2v) is 13.4. The van der Waals surface area contributed by atoms with Crippen LogP contribution < -0.4 is 3.11 Å². The molecule has 0 spiro atoms. The molecule has 4 atom stereocenters. The number of nitrogens with zero attached hydrogens (tertiary/aromatic N) is 1. The molecule has 3 fully saturated rings. The molecule has 40 heavy (non-hydrogen) atoms. The van der Waals surface area contributed by atoms with Crippen LogP contribution in [-0.4, -0.2) is 0 Å². The van der Waals surface area contributed by atoms with Crippen LogP contribution in [0.3, 0.4) is 0 Å². The van der Waals surface area contributed by atoms with E-state index < -0.39 is 0 Å². The van der Waals surface area contributed by atoms with E-state index in [2.05, 4.69) is 117 Å². The average Bonchev–Trinajstić information content (AvgIpc) is 3.55. The van der Waals surface area contributed by atoms with Crippen molar-refractivity contribution in [3.8, 4) is 0 Å². The summed E-state index contributed by atoms with van der Waals surface area (Å²) in [4.78, 5) is 0. The van der Waals surface area contributed by atoms with Gasteiger partial charge in [0, 0.05) is 16.2 Å². The topological polar surface area (TPSA) is 16.4 Å². The summed E-state index contributed by atoms with van der Waals surface area (Å²) in [6.45, 7) is 0. The van der Waals surface area contributed by atoms with Gasteiger partial charge in [-0.1, -0.05) is 86.3 Å². The van der Waals surface area contributed by atoms with Gasteiger partial charge in [-0.3, -0.25) is 3.11 Å². The van der Waals surface area contributed by atoms with Gasteiger partial charge >= 0.3 is 0 Å². The lowest BCUT2D eigenvalue weighted by molar-refractivity contribution is 0.184. The molecule has 0 radical (unpaired) electrons. The van der Waals surface area contributed by atoms with E-state index in [9.17, 15) is 0 Å². The second-order valence-electron chi connectivity index (χ2n) is 12.5. The van der Waals surface area contributed by atoms with Gasteiger partial charge in [-0.2, -0.15) is 0 Å². The van der Waals surface area contributed by atoms with Crippen molar-refractivity contribution in [1.82, 2.24) is 0 Å². The fourth-order valence-electron chi connectivity index (χ4n) is 9.36. The smallest absolute Gasteiger partial charge is 0.135 e. The van der Waals surface area contributed by atoms with Crippen LogP contribution in [0.4, 0.5) is 11.4 Å². The van der Waals surface area contributed by atoms with Crippen LogP contribution >= 0.6 is 22.9 Å². The van der Waals surface area contributed by atoms with Gasteiger partial charge in [-0.05, 0) is 96.9 Å². The summed E-state index contributed by atoms with van der Waals surface area (Å²) in [5, 5.41) is 2.36. The molecule has 202 valence electrons. The van der Waals surface area contributed by atoms with Gasteiger partial charge in [-0.25, -0.2) is 0 Å². The average molecular weight is 638 g/mol. The molecular weight excluding hydrogens is 601 g/mol. The number of benzene rings is 4. The normalized spacial score (nSPS) is 27.9. The van der Waals surface area contributed by atoms with Gasteiger partial charge in [0.25, 0.3) is 0 Å². The number of halogens is 1. The highest BCUT2D eigenvalue weighted by Gasteiger charge is 2.61. The van der Waals surface area contributed by atoms with Crippen molar-refractivity contribution < 1.29 is 4.42 Å². The van der Waals surface area contributed by atoms with Crippen molar-refractivity contribution in [1.29, 1.82) is 0 Å². The molecule has 3 saturated carbocycles. The van der Waals surface area contributed by atoms with Crippen molar-refractivity contribution in [2.75, 3.05) is 3.11 Å².